The Balaban J connectivity index is 1.43. The molecule has 3 saturated carbocycles. The number of nitrogens with one attached hydrogen (secondary N) is 1. The van der Waals surface area contributed by atoms with Gasteiger partial charge in [-0.25, -0.2) is 14.9 Å². The molecule has 0 aromatic rings. The molecule has 8 unspecified atom stereocenters. The first-order chi connectivity index (χ1) is 16.0. The maximum Gasteiger partial charge on any atom is 0.415 e. The number of carbonyl (C=O) groups is 2. The van der Waals surface area contributed by atoms with Crippen molar-refractivity contribution in [2.45, 2.75) is 111 Å². The van der Waals surface area contributed by atoms with Crippen molar-refractivity contribution in [1.29, 1.82) is 0 Å². The molecule has 0 radical (unpaired) electrons. The highest BCUT2D eigenvalue weighted by atomic mass is 16.6. The highest BCUT2D eigenvalue weighted by molar-refractivity contribution is 5.89. The smallest absolute Gasteiger partial charge is 0.415 e. The topological polar surface area (TPSA) is 81.4 Å². The molecule has 4 rings (SSSR count). The fourth-order valence-electron chi connectivity index (χ4n) is 9.03. The molecule has 0 spiro atoms. The van der Waals surface area contributed by atoms with Crippen LogP contribution in [0, 0.1) is 46.3 Å². The Labute approximate surface area is 207 Å². The van der Waals surface area contributed by atoms with E-state index in [2.05, 4.69) is 40.7 Å². The van der Waals surface area contributed by atoms with Crippen LogP contribution in [0.15, 0.2) is 11.6 Å². The predicted molar refractivity (Wildman–Crippen MR) is 136 cm³/mol. The zero-order valence-corrected chi connectivity index (χ0v) is 22.2. The Morgan fingerprint density at radius 3 is 2.56 bits per heavy atom. The van der Waals surface area contributed by atoms with Gasteiger partial charge in [0.2, 0.25) is 0 Å². The van der Waals surface area contributed by atoms with Crippen LogP contribution in [-0.4, -0.2) is 18.2 Å². The summed E-state index contributed by atoms with van der Waals surface area (Å²) in [5.41, 5.74) is 7.27. The largest absolute Gasteiger partial charge is 0.446 e. The van der Waals surface area contributed by atoms with Gasteiger partial charge >= 0.3 is 12.1 Å². The molecule has 3 fully saturated rings. The third-order valence-electron chi connectivity index (χ3n) is 10.8. The maximum absolute atomic E-state index is 11.9. The average Bonchev–Trinajstić information content (AvgIpc) is 3.10. The number of hydrogen-bond acceptors (Lipinski definition) is 3. The molecule has 4 aliphatic carbocycles. The van der Waals surface area contributed by atoms with Crippen LogP contribution in [0.25, 0.3) is 0 Å². The molecule has 0 aromatic heterocycles. The SMILES string of the molecule is CC(C)CCCC(C)C1CCC2C3CC=C4CC(OC(=O)NC(N)=O)CCC4(C)C3CCC12C. The fourth-order valence-corrected chi connectivity index (χ4v) is 9.03. The first-order valence-electron chi connectivity index (χ1n) is 14.0. The van der Waals surface area contributed by atoms with Crippen molar-refractivity contribution in [2.24, 2.45) is 52.1 Å². The van der Waals surface area contributed by atoms with Gasteiger partial charge in [0.05, 0.1) is 0 Å². The van der Waals surface area contributed by atoms with E-state index in [-0.39, 0.29) is 11.5 Å². The molecule has 0 aromatic carbocycles. The Bertz CT molecular complexity index is 807. The number of nitrogens with two attached hydrogens (primary N) is 1. The van der Waals surface area contributed by atoms with Crippen molar-refractivity contribution >= 4 is 12.1 Å². The monoisotopic (exact) mass is 472 g/mol. The second kappa shape index (κ2) is 9.85. The zero-order chi connectivity index (χ0) is 24.7. The van der Waals surface area contributed by atoms with Crippen molar-refractivity contribution in [1.82, 2.24) is 5.32 Å². The van der Waals surface area contributed by atoms with E-state index >= 15 is 0 Å². The van der Waals surface area contributed by atoms with E-state index < -0.39 is 12.1 Å². The number of imide groups is 1. The number of amides is 3. The number of rotatable bonds is 6. The fraction of sp³-hybridized carbons (Fsp3) is 0.862. The van der Waals surface area contributed by atoms with Gasteiger partial charge in [-0.3, -0.25) is 0 Å². The first kappa shape index (κ1) is 25.6. The lowest BCUT2D eigenvalue weighted by atomic mass is 9.47. The van der Waals surface area contributed by atoms with Crippen molar-refractivity contribution in [3.8, 4) is 0 Å². The first-order valence-corrected chi connectivity index (χ1v) is 14.0. The Morgan fingerprint density at radius 1 is 1.09 bits per heavy atom. The zero-order valence-electron chi connectivity index (χ0n) is 22.2. The van der Waals surface area contributed by atoms with Crippen molar-refractivity contribution in [3.63, 3.8) is 0 Å². The molecular weight excluding hydrogens is 424 g/mol. The van der Waals surface area contributed by atoms with Crippen LogP contribution in [0.2, 0.25) is 0 Å². The Hall–Kier alpha value is -1.52. The number of allylic oxidation sites excluding steroid dienone is 1. The number of ether oxygens (including phenoxy) is 1. The summed E-state index contributed by atoms with van der Waals surface area (Å²) in [5, 5.41) is 2.04. The van der Waals surface area contributed by atoms with Crippen LogP contribution in [0.5, 0.6) is 0 Å². The molecule has 0 saturated heterocycles. The van der Waals surface area contributed by atoms with Crippen molar-refractivity contribution in [2.75, 3.05) is 0 Å². The van der Waals surface area contributed by atoms with Gasteiger partial charge in [-0.05, 0) is 91.3 Å². The molecule has 8 atom stereocenters. The quantitative estimate of drug-likeness (QED) is 0.401. The lowest BCUT2D eigenvalue weighted by molar-refractivity contribution is -0.0580. The summed E-state index contributed by atoms with van der Waals surface area (Å²) >= 11 is 0. The third kappa shape index (κ3) is 4.78. The number of alkyl carbamates (subject to hydrolysis) is 1. The Morgan fingerprint density at radius 2 is 1.85 bits per heavy atom. The Kier molecular flexibility index (Phi) is 7.41. The van der Waals surface area contributed by atoms with E-state index in [1.54, 1.807) is 0 Å². The molecule has 192 valence electrons. The molecule has 34 heavy (non-hydrogen) atoms. The normalized spacial score (nSPS) is 39.9. The minimum Gasteiger partial charge on any atom is -0.446 e. The van der Waals surface area contributed by atoms with Gasteiger partial charge < -0.3 is 10.5 Å². The van der Waals surface area contributed by atoms with E-state index in [9.17, 15) is 9.59 Å². The van der Waals surface area contributed by atoms with Gasteiger partial charge in [-0.15, -0.1) is 0 Å². The molecule has 5 heteroatoms. The number of urea groups is 1. The molecule has 0 heterocycles. The van der Waals surface area contributed by atoms with Crippen LogP contribution >= 0.6 is 0 Å². The second-order valence-electron chi connectivity index (χ2n) is 13.0. The lowest BCUT2D eigenvalue weighted by Crippen LogP contribution is -2.51. The van der Waals surface area contributed by atoms with Crippen LogP contribution in [-0.2, 0) is 4.74 Å². The molecular formula is C29H48N2O3. The van der Waals surface area contributed by atoms with E-state index in [0.29, 0.717) is 5.41 Å². The van der Waals surface area contributed by atoms with Gasteiger partial charge in [-0.2, -0.15) is 0 Å². The summed E-state index contributed by atoms with van der Waals surface area (Å²) in [5.74, 6) is 4.95. The van der Waals surface area contributed by atoms with Crippen molar-refractivity contribution < 1.29 is 14.3 Å². The predicted octanol–water partition coefficient (Wildman–Crippen LogP) is 7.20. The van der Waals surface area contributed by atoms with Crippen LogP contribution in [0.1, 0.15) is 105 Å². The highest BCUT2D eigenvalue weighted by Crippen LogP contribution is 2.67. The summed E-state index contributed by atoms with van der Waals surface area (Å²) in [6.45, 7) is 12.4. The summed E-state index contributed by atoms with van der Waals surface area (Å²) in [7, 11) is 0. The van der Waals surface area contributed by atoms with Gasteiger partial charge in [0.1, 0.15) is 6.10 Å². The van der Waals surface area contributed by atoms with Gasteiger partial charge in [0.25, 0.3) is 0 Å². The standard InChI is InChI=1S/C29H48N2O3/c1-18(2)7-6-8-19(3)23-11-12-24-22-10-9-20-17-21(34-27(33)31-26(30)32)13-15-28(20,4)25(22)14-16-29(23,24)5/h9,18-19,21-25H,6-8,10-17H2,1-5H3,(H3,30,31,32,33). The van der Waals surface area contributed by atoms with E-state index in [0.717, 1.165) is 54.8 Å². The molecule has 3 amide bonds. The van der Waals surface area contributed by atoms with Gasteiger partial charge in [0, 0.05) is 6.42 Å². The number of carbonyl (C=O) groups excluding carboxylic acids is 2. The van der Waals surface area contributed by atoms with E-state index in [1.165, 1.54) is 56.9 Å². The van der Waals surface area contributed by atoms with E-state index in [4.69, 9.17) is 10.5 Å². The van der Waals surface area contributed by atoms with E-state index in [1.807, 2.05) is 5.32 Å². The lowest BCUT2D eigenvalue weighted by Gasteiger charge is -2.58. The maximum atomic E-state index is 11.9. The van der Waals surface area contributed by atoms with Crippen LogP contribution in [0.3, 0.4) is 0 Å². The average molecular weight is 473 g/mol. The van der Waals surface area contributed by atoms with Gasteiger partial charge in [-0.1, -0.05) is 65.5 Å². The molecule has 0 aliphatic heterocycles. The number of primary amides is 1. The highest BCUT2D eigenvalue weighted by Gasteiger charge is 2.59. The van der Waals surface area contributed by atoms with Crippen molar-refractivity contribution in [3.05, 3.63) is 11.6 Å². The number of fused-ring (bicyclic) bond motifs is 5. The minimum atomic E-state index is -0.861. The molecule has 5 nitrogen and oxygen atoms in total. The summed E-state index contributed by atoms with van der Waals surface area (Å²) < 4.78 is 5.51. The molecule has 0 bridgehead atoms. The van der Waals surface area contributed by atoms with Crippen LogP contribution in [0.4, 0.5) is 9.59 Å². The second-order valence-corrected chi connectivity index (χ2v) is 13.0. The summed E-state index contributed by atoms with van der Waals surface area (Å²) in [4.78, 5) is 22.8. The summed E-state index contributed by atoms with van der Waals surface area (Å²) in [6.07, 6.45) is 15.2. The molecule has 4 aliphatic rings. The van der Waals surface area contributed by atoms with Gasteiger partial charge in [0.15, 0.2) is 0 Å². The summed E-state index contributed by atoms with van der Waals surface area (Å²) in [6, 6.07) is -0.861. The molecule has 3 N–H and O–H groups in total. The third-order valence-corrected chi connectivity index (χ3v) is 10.8. The van der Waals surface area contributed by atoms with Crippen LogP contribution < -0.4 is 11.1 Å². The number of hydrogen-bond donors (Lipinski definition) is 2. The minimum absolute atomic E-state index is 0.161.